The largest absolute Gasteiger partial charge is 0.489 e. The van der Waals surface area contributed by atoms with Gasteiger partial charge in [-0.3, -0.25) is 0 Å². The second kappa shape index (κ2) is 9.88. The number of aromatic nitrogens is 2. The van der Waals surface area contributed by atoms with Gasteiger partial charge in [-0.25, -0.2) is 9.78 Å². The number of nitrogens with zero attached hydrogens (tertiary/aromatic N) is 2. The Balaban J connectivity index is 1.43. The molecular weight excluding hydrogens is 519 g/mol. The van der Waals surface area contributed by atoms with E-state index in [2.05, 4.69) is 10.1 Å². The van der Waals surface area contributed by atoms with Crippen LogP contribution in [0, 0.1) is 6.92 Å². The van der Waals surface area contributed by atoms with Gasteiger partial charge in [0, 0.05) is 17.0 Å². The number of ether oxygens (including phenoxy) is 1. The number of aryl methyl sites for hydroxylation is 1. The third kappa shape index (κ3) is 4.75. The maximum absolute atomic E-state index is 11.7. The van der Waals surface area contributed by atoms with Crippen LogP contribution in [0.4, 0.5) is 0 Å². The molecule has 1 N–H and O–H groups in total. The molecule has 1 saturated carbocycles. The second-order valence-electron chi connectivity index (χ2n) is 9.20. The van der Waals surface area contributed by atoms with Gasteiger partial charge in [0.05, 0.1) is 21.3 Å². The normalized spacial score (nSPS) is 13.4. The molecule has 0 bridgehead atoms. The van der Waals surface area contributed by atoms with E-state index in [-0.39, 0.29) is 17.4 Å². The maximum Gasteiger partial charge on any atom is 0.347 e. The predicted octanol–water partition coefficient (Wildman–Crippen LogP) is 8.36. The SMILES string of the molecule is Cc1cc(OCc2c(-c3c(Cl)cccc3Cl)noc2C2CC2)ccc1-c1nc(C(C)C)c(C(=O)O)s1. The zero-order chi connectivity index (χ0) is 25.6. The molecule has 0 saturated heterocycles. The average Bonchev–Trinajstić information content (AvgIpc) is 3.42. The van der Waals surface area contributed by atoms with Gasteiger partial charge >= 0.3 is 5.97 Å². The summed E-state index contributed by atoms with van der Waals surface area (Å²) in [7, 11) is 0. The van der Waals surface area contributed by atoms with Crippen LogP contribution in [0.5, 0.6) is 5.75 Å². The Kier molecular flexibility index (Phi) is 6.81. The summed E-state index contributed by atoms with van der Waals surface area (Å²) < 4.78 is 11.9. The van der Waals surface area contributed by atoms with Crippen LogP contribution in [0.25, 0.3) is 21.8 Å². The number of carboxylic acids is 1. The monoisotopic (exact) mass is 542 g/mol. The molecule has 0 amide bonds. The van der Waals surface area contributed by atoms with Crippen molar-refractivity contribution in [3.05, 3.63) is 73.9 Å². The smallest absolute Gasteiger partial charge is 0.347 e. The number of hydrogen-bond acceptors (Lipinski definition) is 6. The van der Waals surface area contributed by atoms with Crippen molar-refractivity contribution in [2.45, 2.75) is 52.1 Å². The number of halogens is 2. The molecular formula is C27H24Cl2N2O4S. The first-order chi connectivity index (χ1) is 17.2. The van der Waals surface area contributed by atoms with Gasteiger partial charge in [0.15, 0.2) is 0 Å². The van der Waals surface area contributed by atoms with Crippen LogP contribution in [0.3, 0.4) is 0 Å². The molecule has 0 unspecified atom stereocenters. The van der Waals surface area contributed by atoms with E-state index in [1.54, 1.807) is 18.2 Å². The minimum Gasteiger partial charge on any atom is -0.489 e. The summed E-state index contributed by atoms with van der Waals surface area (Å²) >= 11 is 14.1. The summed E-state index contributed by atoms with van der Waals surface area (Å²) in [5.41, 5.74) is 4.52. The molecule has 1 aliphatic carbocycles. The summed E-state index contributed by atoms with van der Waals surface area (Å²) in [6.07, 6.45) is 2.10. The Bertz CT molecular complexity index is 1440. The highest BCUT2D eigenvalue weighted by Gasteiger charge is 2.33. The van der Waals surface area contributed by atoms with Crippen molar-refractivity contribution in [2.24, 2.45) is 0 Å². The van der Waals surface area contributed by atoms with Gasteiger partial charge in [-0.05, 0) is 61.6 Å². The Morgan fingerprint density at radius 3 is 2.53 bits per heavy atom. The van der Waals surface area contributed by atoms with Crippen LogP contribution in [0.2, 0.25) is 10.0 Å². The van der Waals surface area contributed by atoms with E-state index >= 15 is 0 Å². The van der Waals surface area contributed by atoms with Crippen molar-refractivity contribution in [2.75, 3.05) is 0 Å². The van der Waals surface area contributed by atoms with Crippen LogP contribution in [-0.4, -0.2) is 21.2 Å². The molecule has 9 heteroatoms. The van der Waals surface area contributed by atoms with Gasteiger partial charge in [-0.2, -0.15) is 0 Å². The number of benzene rings is 2. The van der Waals surface area contributed by atoms with Crippen LogP contribution in [0.1, 0.15) is 70.8 Å². The highest BCUT2D eigenvalue weighted by molar-refractivity contribution is 7.17. The molecule has 0 spiro atoms. The quantitative estimate of drug-likeness (QED) is 0.240. The van der Waals surface area contributed by atoms with Gasteiger partial charge < -0.3 is 14.4 Å². The predicted molar refractivity (Wildman–Crippen MR) is 142 cm³/mol. The molecule has 0 atom stereocenters. The second-order valence-corrected chi connectivity index (χ2v) is 11.0. The lowest BCUT2D eigenvalue weighted by Crippen LogP contribution is -2.00. The number of carboxylic acid groups (broad SMARTS) is 1. The summed E-state index contributed by atoms with van der Waals surface area (Å²) in [6.45, 7) is 6.10. The zero-order valence-corrected chi connectivity index (χ0v) is 22.3. The first-order valence-corrected chi connectivity index (χ1v) is 13.2. The third-order valence-corrected chi connectivity index (χ3v) is 7.89. The fraction of sp³-hybridized carbons (Fsp3) is 0.296. The highest BCUT2D eigenvalue weighted by atomic mass is 35.5. The van der Waals surface area contributed by atoms with Gasteiger partial charge in [0.25, 0.3) is 0 Å². The molecule has 0 aliphatic heterocycles. The molecule has 0 radical (unpaired) electrons. The minimum atomic E-state index is -0.949. The third-order valence-electron chi connectivity index (χ3n) is 6.17. The number of rotatable bonds is 8. The first-order valence-electron chi connectivity index (χ1n) is 11.6. The van der Waals surface area contributed by atoms with Crippen molar-refractivity contribution in [1.82, 2.24) is 10.1 Å². The Morgan fingerprint density at radius 1 is 1.22 bits per heavy atom. The molecule has 186 valence electrons. The van der Waals surface area contributed by atoms with E-state index in [4.69, 9.17) is 32.5 Å². The van der Waals surface area contributed by atoms with Gasteiger partial charge in [-0.15, -0.1) is 11.3 Å². The van der Waals surface area contributed by atoms with Crippen LogP contribution in [-0.2, 0) is 6.61 Å². The van der Waals surface area contributed by atoms with Gasteiger partial charge in [-0.1, -0.05) is 48.3 Å². The molecule has 6 nitrogen and oxygen atoms in total. The van der Waals surface area contributed by atoms with Crippen molar-refractivity contribution < 1.29 is 19.2 Å². The number of carbonyl (C=O) groups is 1. The number of aromatic carboxylic acids is 1. The number of thiazole rings is 1. The van der Waals surface area contributed by atoms with Crippen LogP contribution >= 0.6 is 34.5 Å². The summed E-state index contributed by atoms with van der Waals surface area (Å²) in [5.74, 6) is 0.900. The van der Waals surface area contributed by atoms with E-state index in [0.717, 1.165) is 35.3 Å². The van der Waals surface area contributed by atoms with Crippen molar-refractivity contribution in [3.63, 3.8) is 0 Å². The standard InChI is InChI=1S/C27H24Cl2N2O4S/c1-13(2)22-25(27(32)33)36-26(30-22)17-10-9-16(11-14(17)3)34-12-18-23(31-35-24(18)15-7-8-15)21-19(28)5-4-6-20(21)29/h4-6,9-11,13,15H,7-8,12H2,1-3H3,(H,32,33). The average molecular weight is 543 g/mol. The molecule has 2 aromatic heterocycles. The van der Waals surface area contributed by atoms with Crippen molar-refractivity contribution in [1.29, 1.82) is 0 Å². The lowest BCUT2D eigenvalue weighted by atomic mass is 10.0. The molecule has 1 fully saturated rings. The topological polar surface area (TPSA) is 85.5 Å². The summed E-state index contributed by atoms with van der Waals surface area (Å²) in [4.78, 5) is 16.6. The zero-order valence-electron chi connectivity index (χ0n) is 20.0. The molecule has 2 heterocycles. The molecule has 5 rings (SSSR count). The van der Waals surface area contributed by atoms with E-state index in [9.17, 15) is 9.90 Å². The molecule has 2 aromatic carbocycles. The Hall–Kier alpha value is -2.87. The van der Waals surface area contributed by atoms with Gasteiger partial charge in [0.1, 0.15) is 33.7 Å². The van der Waals surface area contributed by atoms with Crippen LogP contribution < -0.4 is 4.74 Å². The van der Waals surface area contributed by atoms with E-state index in [1.807, 2.05) is 39.0 Å². The molecule has 4 aromatic rings. The van der Waals surface area contributed by atoms with Crippen LogP contribution in [0.15, 0.2) is 40.9 Å². The van der Waals surface area contributed by atoms with Gasteiger partial charge in [0.2, 0.25) is 0 Å². The highest BCUT2D eigenvalue weighted by Crippen LogP contribution is 2.46. The van der Waals surface area contributed by atoms with E-state index in [1.165, 1.54) is 11.3 Å². The lowest BCUT2D eigenvalue weighted by molar-refractivity contribution is 0.0700. The first kappa shape index (κ1) is 24.8. The molecule has 1 aliphatic rings. The fourth-order valence-corrected chi connectivity index (χ4v) is 5.89. The Labute approximate surface area is 222 Å². The van der Waals surface area contributed by atoms with Crippen molar-refractivity contribution in [3.8, 4) is 27.6 Å². The summed E-state index contributed by atoms with van der Waals surface area (Å²) in [6, 6.07) is 11.1. The molecule has 36 heavy (non-hydrogen) atoms. The van der Waals surface area contributed by atoms with E-state index < -0.39 is 5.97 Å². The lowest BCUT2D eigenvalue weighted by Gasteiger charge is -2.11. The number of hydrogen-bond donors (Lipinski definition) is 1. The minimum absolute atomic E-state index is 0.0223. The van der Waals surface area contributed by atoms with Crippen molar-refractivity contribution >= 4 is 40.5 Å². The maximum atomic E-state index is 11.7. The Morgan fingerprint density at radius 2 is 1.94 bits per heavy atom. The summed E-state index contributed by atoms with van der Waals surface area (Å²) in [5, 5.41) is 15.6. The van der Waals surface area contributed by atoms with E-state index in [0.29, 0.717) is 43.7 Å². The fourth-order valence-electron chi connectivity index (χ4n) is 4.16.